The Hall–Kier alpha value is -2.41. The van der Waals surface area contributed by atoms with Gasteiger partial charge in [-0.15, -0.1) is 0 Å². The van der Waals surface area contributed by atoms with Gasteiger partial charge >= 0.3 is 0 Å². The van der Waals surface area contributed by atoms with E-state index in [9.17, 15) is 0 Å². The van der Waals surface area contributed by atoms with Crippen LogP contribution in [-0.2, 0) is 0 Å². The van der Waals surface area contributed by atoms with Crippen molar-refractivity contribution in [3.63, 3.8) is 0 Å². The van der Waals surface area contributed by atoms with Crippen LogP contribution in [0.4, 0.5) is 0 Å². The molecule has 2 aromatic carbocycles. The van der Waals surface area contributed by atoms with Crippen LogP contribution >= 0.6 is 0 Å². The number of nitrogens with zero attached hydrogens (tertiary/aromatic N) is 1. The topological polar surface area (TPSA) is 12.9 Å². The summed E-state index contributed by atoms with van der Waals surface area (Å²) in [6.07, 6.45) is 1.87. The highest BCUT2D eigenvalue weighted by Gasteiger charge is 2.04. The Morgan fingerprint density at radius 3 is 2.50 bits per heavy atom. The van der Waals surface area contributed by atoms with E-state index >= 15 is 0 Å². The fourth-order valence-electron chi connectivity index (χ4n) is 2.12. The summed E-state index contributed by atoms with van der Waals surface area (Å²) >= 11 is 0. The summed E-state index contributed by atoms with van der Waals surface area (Å²) in [5, 5.41) is 1.16. The molecule has 86 valence electrons. The van der Waals surface area contributed by atoms with Crippen LogP contribution in [0.15, 0.2) is 67.2 Å². The summed E-state index contributed by atoms with van der Waals surface area (Å²) < 4.78 is 0. The third-order valence-electron chi connectivity index (χ3n) is 3.06. The van der Waals surface area contributed by atoms with Gasteiger partial charge in [0.2, 0.25) is 0 Å². The molecule has 0 aliphatic rings. The van der Waals surface area contributed by atoms with Crippen molar-refractivity contribution in [3.05, 3.63) is 72.8 Å². The van der Waals surface area contributed by atoms with E-state index in [0.717, 1.165) is 27.7 Å². The zero-order valence-corrected chi connectivity index (χ0v) is 10.0. The maximum atomic E-state index is 4.71. The molecule has 0 spiro atoms. The van der Waals surface area contributed by atoms with Gasteiger partial charge in [0.1, 0.15) is 0 Å². The Balaban J connectivity index is 2.22. The van der Waals surface area contributed by atoms with Crippen molar-refractivity contribution in [2.75, 3.05) is 0 Å². The zero-order valence-electron chi connectivity index (χ0n) is 10.0. The Morgan fingerprint density at radius 2 is 1.61 bits per heavy atom. The summed E-state index contributed by atoms with van der Waals surface area (Å²) in [6, 6.07) is 20.5. The molecule has 0 N–H and O–H groups in total. The third kappa shape index (κ3) is 1.80. The molecular weight excluding hydrogens is 218 g/mol. The summed E-state index contributed by atoms with van der Waals surface area (Å²) in [6.45, 7) is 3.85. The monoisotopic (exact) mass is 231 g/mol. The van der Waals surface area contributed by atoms with E-state index in [4.69, 9.17) is 4.98 Å². The first-order chi connectivity index (χ1) is 8.88. The molecule has 0 amide bonds. The van der Waals surface area contributed by atoms with Gasteiger partial charge in [-0.25, -0.2) is 4.98 Å². The third-order valence-corrected chi connectivity index (χ3v) is 3.06. The zero-order chi connectivity index (χ0) is 12.4. The van der Waals surface area contributed by atoms with Crippen LogP contribution in [-0.4, -0.2) is 4.98 Å². The molecular formula is C17H13N. The molecule has 0 saturated carbocycles. The molecule has 3 aromatic rings. The predicted octanol–water partition coefficient (Wildman–Crippen LogP) is 4.54. The number of aromatic nitrogens is 1. The fourth-order valence-corrected chi connectivity index (χ4v) is 2.12. The van der Waals surface area contributed by atoms with Crippen LogP contribution in [0.5, 0.6) is 0 Å². The molecule has 0 radical (unpaired) electrons. The molecule has 3 rings (SSSR count). The van der Waals surface area contributed by atoms with Crippen LogP contribution in [0.25, 0.3) is 28.2 Å². The molecule has 1 nitrogen and oxygen atoms in total. The second kappa shape index (κ2) is 4.46. The quantitative estimate of drug-likeness (QED) is 0.630. The lowest BCUT2D eigenvalue weighted by molar-refractivity contribution is 1.39. The minimum Gasteiger partial charge on any atom is -0.248 e. The maximum absolute atomic E-state index is 4.71. The SMILES string of the molecule is C=Cc1ccccc1-c1ccc2ccccc2n1. The molecule has 1 heteroatoms. The van der Waals surface area contributed by atoms with E-state index in [1.165, 1.54) is 0 Å². The van der Waals surface area contributed by atoms with Crippen LogP contribution in [0.3, 0.4) is 0 Å². The number of fused-ring (bicyclic) bond motifs is 1. The molecule has 0 saturated heterocycles. The van der Waals surface area contributed by atoms with E-state index in [1.807, 2.05) is 36.4 Å². The van der Waals surface area contributed by atoms with Gasteiger partial charge in [0.05, 0.1) is 11.2 Å². The van der Waals surface area contributed by atoms with Gasteiger partial charge in [-0.05, 0) is 17.7 Å². The van der Waals surface area contributed by atoms with Crippen molar-refractivity contribution in [2.45, 2.75) is 0 Å². The minimum atomic E-state index is 0.990. The number of benzene rings is 2. The average molecular weight is 231 g/mol. The van der Waals surface area contributed by atoms with Crippen molar-refractivity contribution >= 4 is 17.0 Å². The lowest BCUT2D eigenvalue weighted by Gasteiger charge is -2.06. The number of para-hydroxylation sites is 1. The second-order valence-electron chi connectivity index (χ2n) is 4.18. The Bertz CT molecular complexity index is 713. The molecule has 0 aliphatic carbocycles. The highest BCUT2D eigenvalue weighted by molar-refractivity contribution is 5.83. The van der Waals surface area contributed by atoms with E-state index in [1.54, 1.807) is 0 Å². The van der Waals surface area contributed by atoms with Gasteiger partial charge < -0.3 is 0 Å². The fraction of sp³-hybridized carbons (Fsp3) is 0. The van der Waals surface area contributed by atoms with E-state index in [0.29, 0.717) is 0 Å². The molecule has 0 aliphatic heterocycles. The summed E-state index contributed by atoms with van der Waals surface area (Å²) in [5.74, 6) is 0. The number of hydrogen-bond acceptors (Lipinski definition) is 1. The molecule has 0 unspecified atom stereocenters. The maximum Gasteiger partial charge on any atom is 0.0715 e. The number of rotatable bonds is 2. The summed E-state index contributed by atoms with van der Waals surface area (Å²) in [4.78, 5) is 4.71. The molecule has 0 bridgehead atoms. The van der Waals surface area contributed by atoms with Gasteiger partial charge in [0.15, 0.2) is 0 Å². The van der Waals surface area contributed by atoms with Crippen molar-refractivity contribution in [1.82, 2.24) is 4.98 Å². The van der Waals surface area contributed by atoms with Crippen molar-refractivity contribution in [2.24, 2.45) is 0 Å². The lowest BCUT2D eigenvalue weighted by Crippen LogP contribution is -1.87. The molecule has 0 atom stereocenters. The second-order valence-corrected chi connectivity index (χ2v) is 4.18. The highest BCUT2D eigenvalue weighted by Crippen LogP contribution is 2.24. The Kier molecular flexibility index (Phi) is 2.66. The number of pyridine rings is 1. The van der Waals surface area contributed by atoms with Crippen LogP contribution in [0.1, 0.15) is 5.56 Å². The van der Waals surface area contributed by atoms with E-state index in [-0.39, 0.29) is 0 Å². The standard InChI is InChI=1S/C17H13N/c1-2-13-7-3-5-9-15(13)17-12-11-14-8-4-6-10-16(14)18-17/h2-12H,1H2. The van der Waals surface area contributed by atoms with Crippen LogP contribution in [0, 0.1) is 0 Å². The van der Waals surface area contributed by atoms with E-state index < -0.39 is 0 Å². The van der Waals surface area contributed by atoms with Crippen LogP contribution < -0.4 is 0 Å². The van der Waals surface area contributed by atoms with E-state index in [2.05, 4.69) is 36.9 Å². The molecule has 1 heterocycles. The highest BCUT2D eigenvalue weighted by atomic mass is 14.7. The van der Waals surface area contributed by atoms with Crippen molar-refractivity contribution in [1.29, 1.82) is 0 Å². The van der Waals surface area contributed by atoms with Crippen molar-refractivity contribution in [3.8, 4) is 11.3 Å². The minimum absolute atomic E-state index is 0.990. The van der Waals surface area contributed by atoms with Gasteiger partial charge in [-0.2, -0.15) is 0 Å². The van der Waals surface area contributed by atoms with Gasteiger partial charge in [0, 0.05) is 10.9 Å². The van der Waals surface area contributed by atoms with Crippen LogP contribution in [0.2, 0.25) is 0 Å². The molecule has 1 aromatic heterocycles. The number of hydrogen-bond donors (Lipinski definition) is 0. The lowest BCUT2D eigenvalue weighted by atomic mass is 10.0. The smallest absolute Gasteiger partial charge is 0.0715 e. The summed E-state index contributed by atoms with van der Waals surface area (Å²) in [7, 11) is 0. The van der Waals surface area contributed by atoms with Gasteiger partial charge in [-0.1, -0.05) is 61.2 Å². The van der Waals surface area contributed by atoms with Crippen molar-refractivity contribution < 1.29 is 0 Å². The Labute approximate surface area is 106 Å². The normalized spacial score (nSPS) is 10.4. The van der Waals surface area contributed by atoms with Gasteiger partial charge in [-0.3, -0.25) is 0 Å². The largest absolute Gasteiger partial charge is 0.248 e. The molecule has 18 heavy (non-hydrogen) atoms. The molecule has 0 fully saturated rings. The predicted molar refractivity (Wildman–Crippen MR) is 77.3 cm³/mol. The first-order valence-electron chi connectivity index (χ1n) is 5.96. The average Bonchev–Trinajstić information content (AvgIpc) is 2.46. The van der Waals surface area contributed by atoms with Gasteiger partial charge in [0.25, 0.3) is 0 Å². The Morgan fingerprint density at radius 1 is 0.833 bits per heavy atom. The first-order valence-corrected chi connectivity index (χ1v) is 5.96. The first kappa shape index (κ1) is 10.7. The summed E-state index contributed by atoms with van der Waals surface area (Å²) in [5.41, 5.74) is 4.25.